The van der Waals surface area contributed by atoms with Crippen LogP contribution in [0, 0.1) is 5.92 Å². The molecule has 3 nitrogen and oxygen atoms in total. The van der Waals surface area contributed by atoms with Crippen LogP contribution in [0.2, 0.25) is 0 Å². The van der Waals surface area contributed by atoms with Crippen molar-refractivity contribution in [3.8, 4) is 0 Å². The third-order valence-corrected chi connectivity index (χ3v) is 3.78. The number of alkyl halides is 1. The zero-order valence-corrected chi connectivity index (χ0v) is 11.9. The Labute approximate surface area is 106 Å². The van der Waals surface area contributed by atoms with Crippen molar-refractivity contribution in [2.24, 2.45) is 5.92 Å². The second kappa shape index (κ2) is 4.47. The van der Waals surface area contributed by atoms with E-state index in [1.807, 2.05) is 0 Å². The average molecular weight is 286 g/mol. The zero-order valence-electron chi connectivity index (χ0n) is 10.3. The van der Waals surface area contributed by atoms with Gasteiger partial charge >= 0.3 is 0 Å². The monoisotopic (exact) mass is 285 g/mol. The molecule has 1 heterocycles. The van der Waals surface area contributed by atoms with Crippen LogP contribution in [0.3, 0.4) is 0 Å². The summed E-state index contributed by atoms with van der Waals surface area (Å²) in [6.07, 6.45) is 5.21. The van der Waals surface area contributed by atoms with Crippen molar-refractivity contribution in [3.63, 3.8) is 0 Å². The van der Waals surface area contributed by atoms with E-state index in [-0.39, 0.29) is 5.54 Å². The summed E-state index contributed by atoms with van der Waals surface area (Å²) in [4.78, 5) is 0. The molecule has 0 bridgehead atoms. The molecule has 0 spiro atoms. The summed E-state index contributed by atoms with van der Waals surface area (Å²) in [7, 11) is 0. The van der Waals surface area contributed by atoms with Crippen molar-refractivity contribution in [2.45, 2.75) is 57.3 Å². The van der Waals surface area contributed by atoms with E-state index in [0.29, 0.717) is 0 Å². The molecule has 1 saturated carbocycles. The van der Waals surface area contributed by atoms with Crippen LogP contribution >= 0.6 is 15.9 Å². The Balaban J connectivity index is 2.25. The van der Waals surface area contributed by atoms with Crippen molar-refractivity contribution in [1.29, 1.82) is 0 Å². The smallest absolute Gasteiger partial charge is 0.144 e. The van der Waals surface area contributed by atoms with Crippen LogP contribution in [0.25, 0.3) is 0 Å². The molecular formula is C12H20BrN3. The van der Waals surface area contributed by atoms with Crippen LogP contribution in [0.4, 0.5) is 0 Å². The Morgan fingerprint density at radius 1 is 1.25 bits per heavy atom. The lowest BCUT2D eigenvalue weighted by Crippen LogP contribution is -2.28. The molecule has 0 saturated heterocycles. The molecule has 1 fully saturated rings. The van der Waals surface area contributed by atoms with Crippen molar-refractivity contribution in [3.05, 3.63) is 11.6 Å². The average Bonchev–Trinajstić information content (AvgIpc) is 2.53. The summed E-state index contributed by atoms with van der Waals surface area (Å²) in [5, 5.41) is 9.42. The highest BCUT2D eigenvalue weighted by molar-refractivity contribution is 9.08. The summed E-state index contributed by atoms with van der Waals surface area (Å²) in [5.74, 6) is 3.04. The summed E-state index contributed by atoms with van der Waals surface area (Å²) < 4.78 is 2.29. The molecule has 0 unspecified atom stereocenters. The lowest BCUT2D eigenvalue weighted by molar-refractivity contribution is 0.291. The Kier molecular flexibility index (Phi) is 3.38. The van der Waals surface area contributed by atoms with Gasteiger partial charge in [0.2, 0.25) is 0 Å². The molecule has 1 aromatic heterocycles. The summed E-state index contributed by atoms with van der Waals surface area (Å²) in [6, 6.07) is 0. The van der Waals surface area contributed by atoms with E-state index in [2.05, 4.69) is 51.5 Å². The maximum absolute atomic E-state index is 4.36. The largest absolute Gasteiger partial charge is 0.309 e. The maximum Gasteiger partial charge on any atom is 0.144 e. The Bertz CT molecular complexity index is 361. The summed E-state index contributed by atoms with van der Waals surface area (Å²) in [6.45, 7) is 6.65. The number of nitrogens with zero attached hydrogens (tertiary/aromatic N) is 3. The lowest BCUT2D eigenvalue weighted by Gasteiger charge is -2.29. The highest BCUT2D eigenvalue weighted by Crippen LogP contribution is 2.31. The first kappa shape index (κ1) is 12.1. The number of halogens is 1. The summed E-state index contributed by atoms with van der Waals surface area (Å²) >= 11 is 3.49. The van der Waals surface area contributed by atoms with E-state index < -0.39 is 0 Å². The first-order valence-electron chi connectivity index (χ1n) is 6.02. The second-order valence-electron chi connectivity index (χ2n) is 5.67. The standard InChI is InChI=1S/C12H20BrN3/c1-12(2,3)16-10(7-9-5-4-6-9)14-15-11(16)8-13/h9H,4-8H2,1-3H3. The molecule has 2 rings (SSSR count). The zero-order chi connectivity index (χ0) is 11.8. The van der Waals surface area contributed by atoms with Gasteiger partial charge in [0.1, 0.15) is 11.6 Å². The van der Waals surface area contributed by atoms with Gasteiger partial charge in [-0.25, -0.2) is 0 Å². The SMILES string of the molecule is CC(C)(C)n1c(CBr)nnc1CC1CCC1. The van der Waals surface area contributed by atoms with Crippen molar-refractivity contribution >= 4 is 15.9 Å². The third kappa shape index (κ3) is 2.31. The van der Waals surface area contributed by atoms with Gasteiger partial charge in [-0.1, -0.05) is 35.2 Å². The van der Waals surface area contributed by atoms with Gasteiger partial charge in [0.15, 0.2) is 0 Å². The van der Waals surface area contributed by atoms with E-state index in [0.717, 1.165) is 29.3 Å². The molecule has 0 aliphatic heterocycles. The van der Waals surface area contributed by atoms with Crippen molar-refractivity contribution in [2.75, 3.05) is 0 Å². The van der Waals surface area contributed by atoms with E-state index >= 15 is 0 Å². The van der Waals surface area contributed by atoms with Crippen molar-refractivity contribution in [1.82, 2.24) is 14.8 Å². The molecule has 0 N–H and O–H groups in total. The summed E-state index contributed by atoms with van der Waals surface area (Å²) in [5.41, 5.74) is 0.0751. The molecule has 0 amide bonds. The molecule has 1 aromatic rings. The molecule has 0 atom stereocenters. The van der Waals surface area contributed by atoms with Crippen LogP contribution < -0.4 is 0 Å². The second-order valence-corrected chi connectivity index (χ2v) is 6.23. The predicted octanol–water partition coefficient (Wildman–Crippen LogP) is 3.27. The number of hydrogen-bond acceptors (Lipinski definition) is 2. The van der Waals surface area contributed by atoms with Gasteiger partial charge in [0.05, 0.1) is 5.33 Å². The first-order chi connectivity index (χ1) is 7.52. The van der Waals surface area contributed by atoms with Gasteiger partial charge in [-0.05, 0) is 26.7 Å². The van der Waals surface area contributed by atoms with Gasteiger partial charge in [-0.15, -0.1) is 10.2 Å². The van der Waals surface area contributed by atoms with Crippen LogP contribution in [0.1, 0.15) is 51.7 Å². The number of aromatic nitrogens is 3. The van der Waals surface area contributed by atoms with Gasteiger partial charge in [-0.2, -0.15) is 0 Å². The van der Waals surface area contributed by atoms with Crippen LogP contribution in [-0.2, 0) is 17.3 Å². The lowest BCUT2D eigenvalue weighted by atomic mass is 9.82. The van der Waals surface area contributed by atoms with Crippen LogP contribution in [0.5, 0.6) is 0 Å². The number of rotatable bonds is 3. The minimum Gasteiger partial charge on any atom is -0.309 e. The Morgan fingerprint density at radius 2 is 1.88 bits per heavy atom. The van der Waals surface area contributed by atoms with Gasteiger partial charge in [0.25, 0.3) is 0 Å². The highest BCUT2D eigenvalue weighted by atomic mass is 79.9. The van der Waals surface area contributed by atoms with Gasteiger partial charge in [0, 0.05) is 12.0 Å². The quantitative estimate of drug-likeness (QED) is 0.798. The fourth-order valence-corrected chi connectivity index (χ4v) is 2.66. The van der Waals surface area contributed by atoms with Gasteiger partial charge < -0.3 is 4.57 Å². The highest BCUT2D eigenvalue weighted by Gasteiger charge is 2.26. The van der Waals surface area contributed by atoms with E-state index in [4.69, 9.17) is 0 Å². The molecule has 0 aromatic carbocycles. The fraction of sp³-hybridized carbons (Fsp3) is 0.833. The molecule has 16 heavy (non-hydrogen) atoms. The minimum absolute atomic E-state index is 0.0751. The predicted molar refractivity (Wildman–Crippen MR) is 68.7 cm³/mol. The molecular weight excluding hydrogens is 266 g/mol. The van der Waals surface area contributed by atoms with Crippen LogP contribution in [0.15, 0.2) is 0 Å². The van der Waals surface area contributed by atoms with E-state index in [9.17, 15) is 0 Å². The minimum atomic E-state index is 0.0751. The van der Waals surface area contributed by atoms with Crippen molar-refractivity contribution < 1.29 is 0 Å². The third-order valence-electron chi connectivity index (χ3n) is 3.28. The Hall–Kier alpha value is -0.380. The Morgan fingerprint density at radius 3 is 2.31 bits per heavy atom. The molecule has 0 radical (unpaired) electrons. The first-order valence-corrected chi connectivity index (χ1v) is 7.14. The molecule has 4 heteroatoms. The molecule has 1 aliphatic rings. The fourth-order valence-electron chi connectivity index (χ4n) is 2.30. The van der Waals surface area contributed by atoms with Crippen LogP contribution in [-0.4, -0.2) is 14.8 Å². The normalized spacial score (nSPS) is 17.5. The van der Waals surface area contributed by atoms with E-state index in [1.54, 1.807) is 0 Å². The topological polar surface area (TPSA) is 30.7 Å². The molecule has 1 aliphatic carbocycles. The number of hydrogen-bond donors (Lipinski definition) is 0. The maximum atomic E-state index is 4.36. The molecule has 90 valence electrons. The van der Waals surface area contributed by atoms with E-state index in [1.165, 1.54) is 19.3 Å². The van der Waals surface area contributed by atoms with Gasteiger partial charge in [-0.3, -0.25) is 0 Å².